The number of fused-ring (bicyclic) bond motifs is 1. The highest BCUT2D eigenvalue weighted by Gasteiger charge is 2.34. The number of ether oxygens (including phenoxy) is 1. The van der Waals surface area contributed by atoms with Gasteiger partial charge in [-0.1, -0.05) is 6.92 Å². The van der Waals surface area contributed by atoms with Crippen molar-refractivity contribution in [3.8, 4) is 5.75 Å². The standard InChI is InChI=1S/C15H22O2S/c1-7-18(16)14-10(3)9(2)13-12(11(14)4)8-15(5,6)17-13/h7-8H2,1-6H3/t18-/m1/s1. The van der Waals surface area contributed by atoms with E-state index in [-0.39, 0.29) is 5.60 Å². The first-order valence-corrected chi connectivity index (χ1v) is 7.80. The van der Waals surface area contributed by atoms with Crippen LogP contribution in [-0.2, 0) is 17.2 Å². The molecule has 18 heavy (non-hydrogen) atoms. The molecule has 0 aromatic heterocycles. The van der Waals surface area contributed by atoms with Gasteiger partial charge in [0.25, 0.3) is 0 Å². The van der Waals surface area contributed by atoms with Gasteiger partial charge in [-0.15, -0.1) is 0 Å². The van der Waals surface area contributed by atoms with Crippen LogP contribution in [-0.4, -0.2) is 15.6 Å². The molecule has 0 spiro atoms. The zero-order valence-corrected chi connectivity index (χ0v) is 13.0. The minimum Gasteiger partial charge on any atom is -0.487 e. The SMILES string of the molecule is CC[S@@](=O)c1c(C)c(C)c2c(c1C)CC(C)(C)O2. The molecule has 1 heterocycles. The lowest BCUT2D eigenvalue weighted by atomic mass is 9.94. The van der Waals surface area contributed by atoms with Crippen LogP contribution in [0.2, 0.25) is 0 Å². The Bertz CT molecular complexity index is 530. The van der Waals surface area contributed by atoms with Crippen molar-refractivity contribution in [3.05, 3.63) is 22.3 Å². The Balaban J connectivity index is 2.70. The quantitative estimate of drug-likeness (QED) is 0.819. The average Bonchev–Trinajstić information content (AvgIpc) is 2.62. The first-order valence-electron chi connectivity index (χ1n) is 6.48. The molecule has 0 saturated heterocycles. The van der Waals surface area contributed by atoms with Gasteiger partial charge in [-0.25, -0.2) is 0 Å². The number of hydrogen-bond acceptors (Lipinski definition) is 2. The van der Waals surface area contributed by atoms with Crippen LogP contribution in [0, 0.1) is 20.8 Å². The maximum Gasteiger partial charge on any atom is 0.126 e. The van der Waals surface area contributed by atoms with Gasteiger partial charge in [-0.2, -0.15) is 0 Å². The van der Waals surface area contributed by atoms with E-state index in [2.05, 4.69) is 34.6 Å². The second kappa shape index (κ2) is 4.37. The molecule has 0 unspecified atom stereocenters. The molecule has 0 N–H and O–H groups in total. The lowest BCUT2D eigenvalue weighted by Gasteiger charge is -2.18. The zero-order valence-electron chi connectivity index (χ0n) is 12.1. The second-order valence-corrected chi connectivity index (χ2v) is 7.36. The van der Waals surface area contributed by atoms with Gasteiger partial charge in [0.15, 0.2) is 0 Å². The monoisotopic (exact) mass is 266 g/mol. The molecule has 1 aliphatic rings. The number of benzene rings is 1. The number of rotatable bonds is 2. The molecule has 0 saturated carbocycles. The van der Waals surface area contributed by atoms with E-state index in [4.69, 9.17) is 4.74 Å². The van der Waals surface area contributed by atoms with E-state index >= 15 is 0 Å². The van der Waals surface area contributed by atoms with Crippen LogP contribution in [0.15, 0.2) is 4.90 Å². The summed E-state index contributed by atoms with van der Waals surface area (Å²) in [5, 5.41) is 0. The van der Waals surface area contributed by atoms with E-state index in [1.165, 1.54) is 11.1 Å². The Morgan fingerprint density at radius 1 is 1.17 bits per heavy atom. The van der Waals surface area contributed by atoms with Crippen LogP contribution in [0.4, 0.5) is 0 Å². The molecule has 1 aliphatic heterocycles. The van der Waals surface area contributed by atoms with E-state index < -0.39 is 10.8 Å². The van der Waals surface area contributed by atoms with Gasteiger partial charge in [-0.05, 0) is 51.3 Å². The minimum absolute atomic E-state index is 0.142. The van der Waals surface area contributed by atoms with Crippen LogP contribution < -0.4 is 4.74 Å². The average molecular weight is 266 g/mol. The number of hydrogen-bond donors (Lipinski definition) is 0. The van der Waals surface area contributed by atoms with Gasteiger partial charge in [0, 0.05) is 22.6 Å². The zero-order chi connectivity index (χ0) is 13.7. The third-order valence-electron chi connectivity index (χ3n) is 3.78. The molecule has 0 radical (unpaired) electrons. The van der Waals surface area contributed by atoms with E-state index in [1.54, 1.807) is 0 Å². The van der Waals surface area contributed by atoms with E-state index in [9.17, 15) is 4.21 Å². The van der Waals surface area contributed by atoms with E-state index in [0.717, 1.165) is 28.2 Å². The van der Waals surface area contributed by atoms with Crippen LogP contribution in [0.25, 0.3) is 0 Å². The Labute approximate surface area is 112 Å². The predicted octanol–water partition coefficient (Wildman–Crippen LogP) is 3.45. The summed E-state index contributed by atoms with van der Waals surface area (Å²) in [6.45, 7) is 12.4. The smallest absolute Gasteiger partial charge is 0.126 e. The normalized spacial score (nSPS) is 18.3. The fraction of sp³-hybridized carbons (Fsp3) is 0.600. The van der Waals surface area contributed by atoms with Crippen molar-refractivity contribution in [3.63, 3.8) is 0 Å². The summed E-state index contributed by atoms with van der Waals surface area (Å²) in [7, 11) is -0.897. The molecular weight excluding hydrogens is 244 g/mol. The molecule has 2 nitrogen and oxygen atoms in total. The van der Waals surface area contributed by atoms with Crippen LogP contribution in [0.5, 0.6) is 5.75 Å². The van der Waals surface area contributed by atoms with Crippen molar-refractivity contribution in [1.82, 2.24) is 0 Å². The topological polar surface area (TPSA) is 26.3 Å². The van der Waals surface area contributed by atoms with Crippen molar-refractivity contribution in [2.24, 2.45) is 0 Å². The van der Waals surface area contributed by atoms with Crippen molar-refractivity contribution >= 4 is 10.8 Å². The molecule has 1 aromatic carbocycles. The molecule has 0 aliphatic carbocycles. The van der Waals surface area contributed by atoms with Crippen molar-refractivity contribution < 1.29 is 8.95 Å². The minimum atomic E-state index is -0.897. The summed E-state index contributed by atoms with van der Waals surface area (Å²) in [5.74, 6) is 1.69. The van der Waals surface area contributed by atoms with Gasteiger partial charge >= 0.3 is 0 Å². The first-order chi connectivity index (χ1) is 8.28. The van der Waals surface area contributed by atoms with Crippen LogP contribution >= 0.6 is 0 Å². The Morgan fingerprint density at radius 2 is 1.78 bits per heavy atom. The molecule has 2 rings (SSSR count). The van der Waals surface area contributed by atoms with Crippen LogP contribution in [0.3, 0.4) is 0 Å². The molecule has 0 fully saturated rings. The first kappa shape index (κ1) is 13.6. The third kappa shape index (κ3) is 1.99. The van der Waals surface area contributed by atoms with Gasteiger partial charge in [0.1, 0.15) is 11.4 Å². The fourth-order valence-corrected chi connectivity index (χ4v) is 3.98. The molecule has 0 bridgehead atoms. The largest absolute Gasteiger partial charge is 0.487 e. The molecule has 1 atom stereocenters. The molecule has 1 aromatic rings. The van der Waals surface area contributed by atoms with Crippen molar-refractivity contribution in [1.29, 1.82) is 0 Å². The van der Waals surface area contributed by atoms with Crippen molar-refractivity contribution in [2.75, 3.05) is 5.75 Å². The summed E-state index contributed by atoms with van der Waals surface area (Å²) in [5.41, 5.74) is 4.55. The van der Waals surface area contributed by atoms with Gasteiger partial charge in [0.2, 0.25) is 0 Å². The highest BCUT2D eigenvalue weighted by Crippen LogP contribution is 2.43. The van der Waals surface area contributed by atoms with Gasteiger partial charge in [-0.3, -0.25) is 4.21 Å². The molecule has 3 heteroatoms. The Morgan fingerprint density at radius 3 is 2.33 bits per heavy atom. The lowest BCUT2D eigenvalue weighted by molar-refractivity contribution is 0.137. The second-order valence-electron chi connectivity index (χ2n) is 5.68. The van der Waals surface area contributed by atoms with Crippen LogP contribution in [0.1, 0.15) is 43.0 Å². The fourth-order valence-electron chi connectivity index (χ4n) is 2.73. The summed E-state index contributed by atoms with van der Waals surface area (Å²) in [4.78, 5) is 1.02. The lowest BCUT2D eigenvalue weighted by Crippen LogP contribution is -2.24. The summed E-state index contributed by atoms with van der Waals surface area (Å²) < 4.78 is 18.3. The predicted molar refractivity (Wildman–Crippen MR) is 76.0 cm³/mol. The maximum absolute atomic E-state index is 12.2. The Kier molecular flexibility index (Phi) is 3.30. The molecular formula is C15H22O2S. The maximum atomic E-state index is 12.2. The summed E-state index contributed by atoms with van der Waals surface area (Å²) in [6, 6.07) is 0. The van der Waals surface area contributed by atoms with Crippen molar-refractivity contribution in [2.45, 2.75) is 58.5 Å². The van der Waals surface area contributed by atoms with E-state index in [0.29, 0.717) is 5.75 Å². The van der Waals surface area contributed by atoms with E-state index in [1.807, 2.05) is 6.92 Å². The van der Waals surface area contributed by atoms with Gasteiger partial charge < -0.3 is 4.74 Å². The highest BCUT2D eigenvalue weighted by atomic mass is 32.2. The molecule has 100 valence electrons. The third-order valence-corrected chi connectivity index (χ3v) is 5.37. The summed E-state index contributed by atoms with van der Waals surface area (Å²) in [6.07, 6.45) is 0.906. The Hall–Kier alpha value is -0.830. The van der Waals surface area contributed by atoms with Gasteiger partial charge in [0.05, 0.1) is 10.8 Å². The summed E-state index contributed by atoms with van der Waals surface area (Å²) >= 11 is 0. The highest BCUT2D eigenvalue weighted by molar-refractivity contribution is 7.85. The molecule has 0 amide bonds.